The number of likely N-dealkylation sites (tertiary alicyclic amines) is 1. The van der Waals surface area contributed by atoms with Crippen molar-refractivity contribution in [3.63, 3.8) is 0 Å². The first-order chi connectivity index (χ1) is 18.9. The maximum Gasteiger partial charge on any atom is 0.294 e. The molecule has 3 amide bonds. The lowest BCUT2D eigenvalue weighted by atomic mass is 10.1. The molecule has 9 heteroatoms. The molecule has 0 aliphatic carbocycles. The minimum absolute atomic E-state index is 0.177. The molecule has 0 N–H and O–H groups in total. The number of hydrogen-bond acceptors (Lipinski definition) is 6. The number of carbonyl (C=O) groups excluding carboxylic acids is 3. The van der Waals surface area contributed by atoms with E-state index < -0.39 is 11.1 Å². The quantitative estimate of drug-likeness (QED) is 0.215. The van der Waals surface area contributed by atoms with Crippen molar-refractivity contribution < 1.29 is 23.9 Å². The number of amides is 3. The molecule has 2 fully saturated rings. The van der Waals surface area contributed by atoms with Crippen LogP contribution in [0.1, 0.15) is 36.8 Å². The summed E-state index contributed by atoms with van der Waals surface area (Å²) < 4.78 is 12.7. The number of nitrogens with zero attached hydrogens (tertiary/aromatic N) is 2. The second-order valence-electron chi connectivity index (χ2n) is 9.52. The summed E-state index contributed by atoms with van der Waals surface area (Å²) in [6.07, 6.45) is 5.78. The summed E-state index contributed by atoms with van der Waals surface area (Å²) in [5.74, 6) is 0.520. The van der Waals surface area contributed by atoms with Crippen LogP contribution in [0, 0.1) is 3.57 Å². The van der Waals surface area contributed by atoms with Crippen LogP contribution in [-0.4, -0.2) is 53.6 Å². The average Bonchev–Trinajstić information content (AvgIpc) is 3.12. The molecular formula is C30H29IN2O5S. The van der Waals surface area contributed by atoms with E-state index in [0.717, 1.165) is 62.3 Å². The molecule has 0 saturated carbocycles. The van der Waals surface area contributed by atoms with Crippen molar-refractivity contribution in [2.24, 2.45) is 0 Å². The van der Waals surface area contributed by atoms with Crippen molar-refractivity contribution in [1.82, 2.24) is 9.80 Å². The van der Waals surface area contributed by atoms with E-state index in [0.29, 0.717) is 36.8 Å². The molecule has 2 saturated heterocycles. The van der Waals surface area contributed by atoms with Gasteiger partial charge in [0.25, 0.3) is 11.1 Å². The van der Waals surface area contributed by atoms with Gasteiger partial charge in [0.05, 0.1) is 15.6 Å². The van der Waals surface area contributed by atoms with E-state index >= 15 is 0 Å². The number of fused-ring (bicyclic) bond motifs is 1. The van der Waals surface area contributed by atoms with Crippen molar-refractivity contribution >= 4 is 68.3 Å². The van der Waals surface area contributed by atoms with Crippen LogP contribution in [-0.2, 0) is 16.2 Å². The number of rotatable bonds is 7. The van der Waals surface area contributed by atoms with Crippen molar-refractivity contribution in [2.45, 2.75) is 32.3 Å². The van der Waals surface area contributed by atoms with Gasteiger partial charge < -0.3 is 14.4 Å². The Kier molecular flexibility index (Phi) is 8.76. The Balaban J connectivity index is 1.31. The molecular weight excluding hydrogens is 627 g/mol. The fourth-order valence-electron chi connectivity index (χ4n) is 4.87. The summed E-state index contributed by atoms with van der Waals surface area (Å²) in [4.78, 5) is 41.6. The third-order valence-corrected chi connectivity index (χ3v) is 8.64. The van der Waals surface area contributed by atoms with Crippen LogP contribution < -0.4 is 9.47 Å². The van der Waals surface area contributed by atoms with E-state index in [2.05, 4.69) is 40.8 Å². The van der Waals surface area contributed by atoms with Crippen molar-refractivity contribution in [2.75, 3.05) is 26.7 Å². The number of benzene rings is 3. The molecule has 2 aliphatic rings. The molecule has 2 aliphatic heterocycles. The number of carbonyl (C=O) groups is 3. The SMILES string of the molecule is COc1cc(C=C2SC(=O)N(CC(=O)N3CCCCCC3)C2=O)cc(I)c1OCc1cccc2ccccc12. The van der Waals surface area contributed by atoms with Gasteiger partial charge in [-0.3, -0.25) is 19.3 Å². The first-order valence-electron chi connectivity index (χ1n) is 12.9. The predicted octanol–water partition coefficient (Wildman–Crippen LogP) is 6.47. The van der Waals surface area contributed by atoms with Gasteiger partial charge in [-0.15, -0.1) is 0 Å². The minimum atomic E-state index is -0.446. The lowest BCUT2D eigenvalue weighted by Gasteiger charge is -2.22. The van der Waals surface area contributed by atoms with Crippen molar-refractivity contribution in [3.8, 4) is 11.5 Å². The van der Waals surface area contributed by atoms with Gasteiger partial charge in [0.1, 0.15) is 13.2 Å². The second kappa shape index (κ2) is 12.4. The highest BCUT2D eigenvalue weighted by molar-refractivity contribution is 14.1. The summed E-state index contributed by atoms with van der Waals surface area (Å²) in [6, 6.07) is 18.0. The molecule has 0 unspecified atom stereocenters. The van der Waals surface area contributed by atoms with E-state index in [4.69, 9.17) is 9.47 Å². The number of imide groups is 1. The van der Waals surface area contributed by atoms with Gasteiger partial charge in [0.2, 0.25) is 5.91 Å². The van der Waals surface area contributed by atoms with Crippen LogP contribution >= 0.6 is 34.4 Å². The Hall–Kier alpha value is -3.05. The zero-order valence-corrected chi connectivity index (χ0v) is 24.6. The lowest BCUT2D eigenvalue weighted by Crippen LogP contribution is -2.42. The van der Waals surface area contributed by atoms with Crippen molar-refractivity contribution in [1.29, 1.82) is 0 Å². The van der Waals surface area contributed by atoms with Gasteiger partial charge in [-0.05, 0) is 87.3 Å². The molecule has 0 spiro atoms. The molecule has 202 valence electrons. The van der Waals surface area contributed by atoms with Crippen LogP contribution in [0.5, 0.6) is 11.5 Å². The number of hydrogen-bond donors (Lipinski definition) is 0. The maximum absolute atomic E-state index is 13.1. The number of halogens is 1. The normalized spacial score (nSPS) is 17.1. The van der Waals surface area contributed by atoms with Crippen LogP contribution in [0.15, 0.2) is 59.5 Å². The Morgan fingerprint density at radius 3 is 2.54 bits per heavy atom. The van der Waals surface area contributed by atoms with Crippen LogP contribution in [0.25, 0.3) is 16.8 Å². The van der Waals surface area contributed by atoms with Gasteiger partial charge >= 0.3 is 0 Å². The standard InChI is InChI=1S/C30H29IN2O5S/c1-37-25-16-20(15-24(31)28(25)38-19-22-11-8-10-21-9-4-5-12-23(21)22)17-26-29(35)33(30(36)39-26)18-27(34)32-13-6-2-3-7-14-32/h4-5,8-12,15-17H,2-3,6-7,13-14,18-19H2,1H3. The maximum atomic E-state index is 13.1. The third kappa shape index (κ3) is 6.24. The molecule has 0 aromatic heterocycles. The fourth-order valence-corrected chi connectivity index (χ4v) is 6.49. The highest BCUT2D eigenvalue weighted by Gasteiger charge is 2.37. The summed E-state index contributed by atoms with van der Waals surface area (Å²) in [6.45, 7) is 1.51. The zero-order valence-electron chi connectivity index (χ0n) is 21.7. The summed E-state index contributed by atoms with van der Waals surface area (Å²) in [5.41, 5.74) is 1.77. The molecule has 0 radical (unpaired) electrons. The largest absolute Gasteiger partial charge is 0.493 e. The highest BCUT2D eigenvalue weighted by Crippen LogP contribution is 2.38. The number of thioether (sulfide) groups is 1. The van der Waals surface area contributed by atoms with E-state index in [1.807, 2.05) is 30.3 Å². The topological polar surface area (TPSA) is 76.2 Å². The van der Waals surface area contributed by atoms with Gasteiger partial charge in [0, 0.05) is 13.1 Å². The van der Waals surface area contributed by atoms with Gasteiger partial charge in [-0.2, -0.15) is 0 Å². The predicted molar refractivity (Wildman–Crippen MR) is 162 cm³/mol. The Morgan fingerprint density at radius 2 is 1.77 bits per heavy atom. The van der Waals surface area contributed by atoms with E-state index in [1.165, 1.54) is 0 Å². The summed E-state index contributed by atoms with van der Waals surface area (Å²) >= 11 is 3.04. The molecule has 0 atom stereocenters. The Morgan fingerprint density at radius 1 is 1.03 bits per heavy atom. The molecule has 0 bridgehead atoms. The van der Waals surface area contributed by atoms with E-state index in [-0.39, 0.29) is 17.4 Å². The molecule has 2 heterocycles. The van der Waals surface area contributed by atoms with Gasteiger partial charge in [-0.25, -0.2) is 0 Å². The van der Waals surface area contributed by atoms with E-state index in [1.54, 1.807) is 24.2 Å². The first-order valence-corrected chi connectivity index (χ1v) is 14.8. The zero-order chi connectivity index (χ0) is 27.4. The fraction of sp³-hybridized carbons (Fsp3) is 0.300. The van der Waals surface area contributed by atoms with Crippen molar-refractivity contribution in [3.05, 3.63) is 74.2 Å². The number of methoxy groups -OCH3 is 1. The number of ether oxygens (including phenoxy) is 2. The third-order valence-electron chi connectivity index (χ3n) is 6.93. The van der Waals surface area contributed by atoms with Crippen LogP contribution in [0.3, 0.4) is 0 Å². The average molecular weight is 657 g/mol. The van der Waals surface area contributed by atoms with Gasteiger partial charge in [0.15, 0.2) is 11.5 Å². The van der Waals surface area contributed by atoms with Crippen LogP contribution in [0.4, 0.5) is 4.79 Å². The van der Waals surface area contributed by atoms with Gasteiger partial charge in [-0.1, -0.05) is 55.3 Å². The molecule has 7 nitrogen and oxygen atoms in total. The lowest BCUT2D eigenvalue weighted by molar-refractivity contribution is -0.135. The molecule has 5 rings (SSSR count). The first kappa shape index (κ1) is 27.5. The molecule has 3 aromatic carbocycles. The van der Waals surface area contributed by atoms with E-state index in [9.17, 15) is 14.4 Å². The molecule has 39 heavy (non-hydrogen) atoms. The highest BCUT2D eigenvalue weighted by atomic mass is 127. The Labute approximate surface area is 245 Å². The monoisotopic (exact) mass is 656 g/mol. The minimum Gasteiger partial charge on any atom is -0.493 e. The van der Waals surface area contributed by atoms with Crippen LogP contribution in [0.2, 0.25) is 0 Å². The summed E-state index contributed by atoms with van der Waals surface area (Å²) in [5, 5.41) is 1.86. The summed E-state index contributed by atoms with van der Waals surface area (Å²) in [7, 11) is 1.57. The smallest absolute Gasteiger partial charge is 0.294 e. The second-order valence-corrected chi connectivity index (χ2v) is 11.7. The Bertz CT molecular complexity index is 1440. The molecule has 3 aromatic rings.